The van der Waals surface area contributed by atoms with Crippen LogP contribution in [0, 0.1) is 6.92 Å². The van der Waals surface area contributed by atoms with Crippen molar-refractivity contribution in [3.63, 3.8) is 0 Å². The number of hydrogen-bond acceptors (Lipinski definition) is 3. The zero-order valence-corrected chi connectivity index (χ0v) is 12.6. The van der Waals surface area contributed by atoms with Gasteiger partial charge in [0.1, 0.15) is 6.54 Å². The molecule has 0 saturated heterocycles. The highest BCUT2D eigenvalue weighted by Crippen LogP contribution is 2.17. The van der Waals surface area contributed by atoms with Crippen LogP contribution in [-0.2, 0) is 11.3 Å². The molecule has 0 bridgehead atoms. The summed E-state index contributed by atoms with van der Waals surface area (Å²) in [6.45, 7) is 4.01. The molecule has 0 saturated carbocycles. The molecule has 6 nitrogen and oxygen atoms in total. The maximum absolute atomic E-state index is 12.1. The summed E-state index contributed by atoms with van der Waals surface area (Å²) in [6, 6.07) is 9.32. The van der Waals surface area contributed by atoms with Crippen LogP contribution in [0.3, 0.4) is 0 Å². The van der Waals surface area contributed by atoms with E-state index in [0.29, 0.717) is 0 Å². The molecule has 22 heavy (non-hydrogen) atoms. The Labute approximate surface area is 128 Å². The molecule has 1 aromatic carbocycles. The SMILES string of the molecule is CCC(NC(=O)Cn1ccc(C(=O)O)n1)c1ccc(C)cc1. The lowest BCUT2D eigenvalue weighted by atomic mass is 10.0. The summed E-state index contributed by atoms with van der Waals surface area (Å²) in [6.07, 6.45) is 2.25. The fraction of sp³-hybridized carbons (Fsp3) is 0.312. The largest absolute Gasteiger partial charge is 0.476 e. The van der Waals surface area contributed by atoms with Crippen molar-refractivity contribution in [3.8, 4) is 0 Å². The monoisotopic (exact) mass is 301 g/mol. The second kappa shape index (κ2) is 6.89. The van der Waals surface area contributed by atoms with Crippen LogP contribution in [0.4, 0.5) is 0 Å². The Kier molecular flexibility index (Phi) is 4.93. The summed E-state index contributed by atoms with van der Waals surface area (Å²) in [7, 11) is 0. The molecule has 0 aliphatic heterocycles. The first kappa shape index (κ1) is 15.8. The first-order valence-corrected chi connectivity index (χ1v) is 7.12. The van der Waals surface area contributed by atoms with Crippen LogP contribution in [0.25, 0.3) is 0 Å². The van der Waals surface area contributed by atoms with Gasteiger partial charge in [-0.25, -0.2) is 4.79 Å². The number of rotatable bonds is 6. The number of aromatic nitrogens is 2. The standard InChI is InChI=1S/C16H19N3O3/c1-3-13(12-6-4-11(2)5-7-12)17-15(20)10-19-9-8-14(18-19)16(21)22/h4-9,13H,3,10H2,1-2H3,(H,17,20)(H,21,22). The van der Waals surface area contributed by atoms with Crippen molar-refractivity contribution in [1.82, 2.24) is 15.1 Å². The van der Waals surface area contributed by atoms with Crippen LogP contribution in [0.1, 0.15) is 41.0 Å². The second-order valence-corrected chi connectivity index (χ2v) is 5.14. The van der Waals surface area contributed by atoms with Crippen LogP contribution in [0.2, 0.25) is 0 Å². The molecule has 2 aromatic rings. The molecule has 1 amide bonds. The van der Waals surface area contributed by atoms with E-state index in [-0.39, 0.29) is 24.2 Å². The van der Waals surface area contributed by atoms with Gasteiger partial charge in [0.25, 0.3) is 0 Å². The number of carboxylic acid groups (broad SMARTS) is 1. The Morgan fingerprint density at radius 1 is 1.27 bits per heavy atom. The average molecular weight is 301 g/mol. The third-order valence-electron chi connectivity index (χ3n) is 3.39. The maximum atomic E-state index is 12.1. The van der Waals surface area contributed by atoms with Gasteiger partial charge in [-0.15, -0.1) is 0 Å². The van der Waals surface area contributed by atoms with Gasteiger partial charge in [0.2, 0.25) is 5.91 Å². The molecule has 2 rings (SSSR count). The predicted octanol–water partition coefficient (Wildman–Crippen LogP) is 2.16. The number of hydrogen-bond donors (Lipinski definition) is 2. The molecule has 1 heterocycles. The number of carboxylic acids is 1. The van der Waals surface area contributed by atoms with Gasteiger partial charge in [-0.3, -0.25) is 9.48 Å². The maximum Gasteiger partial charge on any atom is 0.356 e. The molecule has 1 unspecified atom stereocenters. The Morgan fingerprint density at radius 3 is 2.50 bits per heavy atom. The van der Waals surface area contributed by atoms with Gasteiger partial charge in [-0.1, -0.05) is 36.8 Å². The van der Waals surface area contributed by atoms with Crippen LogP contribution in [-0.4, -0.2) is 26.8 Å². The van der Waals surface area contributed by atoms with Crippen molar-refractivity contribution < 1.29 is 14.7 Å². The lowest BCUT2D eigenvalue weighted by molar-refractivity contribution is -0.122. The highest BCUT2D eigenvalue weighted by atomic mass is 16.4. The molecular formula is C16H19N3O3. The number of benzene rings is 1. The first-order valence-electron chi connectivity index (χ1n) is 7.12. The molecule has 0 aliphatic rings. The normalized spacial score (nSPS) is 11.9. The Hall–Kier alpha value is -2.63. The van der Waals surface area contributed by atoms with Gasteiger partial charge in [0.15, 0.2) is 5.69 Å². The Morgan fingerprint density at radius 2 is 1.95 bits per heavy atom. The molecular weight excluding hydrogens is 282 g/mol. The van der Waals surface area contributed by atoms with Crippen LogP contribution in [0.5, 0.6) is 0 Å². The minimum Gasteiger partial charge on any atom is -0.476 e. The molecule has 6 heteroatoms. The minimum absolute atomic E-state index is 0.00432. The van der Waals surface area contributed by atoms with Crippen molar-refractivity contribution in [1.29, 1.82) is 0 Å². The number of carbonyl (C=O) groups excluding carboxylic acids is 1. The number of aryl methyl sites for hydroxylation is 1. The van der Waals surface area contributed by atoms with E-state index in [0.717, 1.165) is 12.0 Å². The summed E-state index contributed by atoms with van der Waals surface area (Å²) < 4.78 is 1.32. The lowest BCUT2D eigenvalue weighted by Gasteiger charge is -2.17. The average Bonchev–Trinajstić information content (AvgIpc) is 2.94. The Balaban J connectivity index is 1.99. The third-order valence-corrected chi connectivity index (χ3v) is 3.39. The molecule has 1 aromatic heterocycles. The topological polar surface area (TPSA) is 84.2 Å². The van der Waals surface area contributed by atoms with Crippen LogP contribution >= 0.6 is 0 Å². The van der Waals surface area contributed by atoms with E-state index in [4.69, 9.17) is 5.11 Å². The zero-order chi connectivity index (χ0) is 16.1. The fourth-order valence-corrected chi connectivity index (χ4v) is 2.17. The number of nitrogens with one attached hydrogen (secondary N) is 1. The summed E-state index contributed by atoms with van der Waals surface area (Å²) >= 11 is 0. The number of nitrogens with zero attached hydrogens (tertiary/aromatic N) is 2. The van der Waals surface area contributed by atoms with E-state index in [1.54, 1.807) is 0 Å². The molecule has 1 atom stereocenters. The number of aromatic carboxylic acids is 1. The van der Waals surface area contributed by atoms with Crippen molar-refractivity contribution in [2.24, 2.45) is 0 Å². The van der Waals surface area contributed by atoms with Crippen LogP contribution < -0.4 is 5.32 Å². The molecule has 2 N–H and O–H groups in total. The minimum atomic E-state index is -1.11. The van der Waals surface area contributed by atoms with E-state index in [2.05, 4.69) is 10.4 Å². The molecule has 0 radical (unpaired) electrons. The van der Waals surface area contributed by atoms with E-state index in [1.165, 1.54) is 22.5 Å². The second-order valence-electron chi connectivity index (χ2n) is 5.14. The van der Waals surface area contributed by atoms with Gasteiger partial charge in [0, 0.05) is 6.20 Å². The highest BCUT2D eigenvalue weighted by molar-refractivity contribution is 5.85. The highest BCUT2D eigenvalue weighted by Gasteiger charge is 2.14. The van der Waals surface area contributed by atoms with Crippen LogP contribution in [0.15, 0.2) is 36.5 Å². The third kappa shape index (κ3) is 3.94. The van der Waals surface area contributed by atoms with Gasteiger partial charge < -0.3 is 10.4 Å². The number of amides is 1. The van der Waals surface area contributed by atoms with Gasteiger partial charge in [0.05, 0.1) is 6.04 Å². The van der Waals surface area contributed by atoms with Crippen molar-refractivity contribution in [2.45, 2.75) is 32.9 Å². The lowest BCUT2D eigenvalue weighted by Crippen LogP contribution is -2.31. The van der Waals surface area contributed by atoms with E-state index >= 15 is 0 Å². The van der Waals surface area contributed by atoms with Crippen molar-refractivity contribution in [3.05, 3.63) is 53.3 Å². The zero-order valence-electron chi connectivity index (χ0n) is 12.6. The molecule has 0 aliphatic carbocycles. The smallest absolute Gasteiger partial charge is 0.356 e. The summed E-state index contributed by atoms with van der Waals surface area (Å²) in [5.74, 6) is -1.31. The number of carbonyl (C=O) groups is 2. The van der Waals surface area contributed by atoms with E-state index in [1.807, 2.05) is 38.1 Å². The fourth-order valence-electron chi connectivity index (χ4n) is 2.17. The first-order chi connectivity index (χ1) is 10.5. The molecule has 0 spiro atoms. The van der Waals surface area contributed by atoms with Gasteiger partial charge in [-0.2, -0.15) is 5.10 Å². The van der Waals surface area contributed by atoms with Gasteiger partial charge >= 0.3 is 5.97 Å². The van der Waals surface area contributed by atoms with E-state index < -0.39 is 5.97 Å². The summed E-state index contributed by atoms with van der Waals surface area (Å²) in [5.41, 5.74) is 2.15. The molecule has 116 valence electrons. The Bertz CT molecular complexity index is 662. The van der Waals surface area contributed by atoms with Gasteiger partial charge in [-0.05, 0) is 25.0 Å². The summed E-state index contributed by atoms with van der Waals surface area (Å²) in [4.78, 5) is 22.8. The molecule has 0 fully saturated rings. The predicted molar refractivity (Wildman–Crippen MR) is 81.5 cm³/mol. The van der Waals surface area contributed by atoms with E-state index in [9.17, 15) is 9.59 Å². The summed E-state index contributed by atoms with van der Waals surface area (Å²) in [5, 5.41) is 15.6. The van der Waals surface area contributed by atoms with Crippen molar-refractivity contribution >= 4 is 11.9 Å². The van der Waals surface area contributed by atoms with Crippen molar-refractivity contribution in [2.75, 3.05) is 0 Å². The quantitative estimate of drug-likeness (QED) is 0.856.